The van der Waals surface area contributed by atoms with Crippen LogP contribution in [0.3, 0.4) is 0 Å². The average Bonchev–Trinajstić information content (AvgIpc) is 2.71. The molecule has 1 saturated heterocycles. The molecule has 0 aromatic heterocycles. The van der Waals surface area contributed by atoms with Crippen molar-refractivity contribution in [1.29, 1.82) is 0 Å². The minimum absolute atomic E-state index is 0.00534. The van der Waals surface area contributed by atoms with Gasteiger partial charge in [0.15, 0.2) is 0 Å². The van der Waals surface area contributed by atoms with E-state index in [1.165, 1.54) is 0 Å². The van der Waals surface area contributed by atoms with Crippen LogP contribution in [0.15, 0.2) is 24.8 Å². The number of ether oxygens (including phenoxy) is 1. The van der Waals surface area contributed by atoms with Crippen molar-refractivity contribution in [3.05, 3.63) is 40.4 Å². The number of piperidine rings is 1. The van der Waals surface area contributed by atoms with Crippen LogP contribution in [0.1, 0.15) is 45.2 Å². The molecular formula is C22H33Cl2N3O3S. The second-order valence-corrected chi connectivity index (χ2v) is 11.7. The molecule has 1 fully saturated rings. The number of carbonyl (C=O) groups excluding carboxylic acids is 1. The van der Waals surface area contributed by atoms with E-state index in [4.69, 9.17) is 27.9 Å². The average molecular weight is 490 g/mol. The molecule has 0 bridgehead atoms. The Morgan fingerprint density at radius 2 is 1.90 bits per heavy atom. The Morgan fingerprint density at radius 1 is 1.32 bits per heavy atom. The fourth-order valence-corrected chi connectivity index (χ4v) is 4.70. The van der Waals surface area contributed by atoms with Gasteiger partial charge in [-0.2, -0.15) is 0 Å². The molecule has 2 unspecified atom stereocenters. The summed E-state index contributed by atoms with van der Waals surface area (Å²) in [4.78, 5) is 15.8. The number of carbonyl (C=O) groups is 1. The number of nitrogens with zero attached hydrogens (tertiary/aromatic N) is 2. The van der Waals surface area contributed by atoms with Gasteiger partial charge in [-0.3, -0.25) is 0 Å². The summed E-state index contributed by atoms with van der Waals surface area (Å²) in [6, 6.07) is 3.22. The second kappa shape index (κ2) is 11.0. The molecule has 2 rings (SSSR count). The number of amides is 2. The highest BCUT2D eigenvalue weighted by molar-refractivity contribution is 7.84. The molecule has 31 heavy (non-hydrogen) atoms. The van der Waals surface area contributed by atoms with Crippen molar-refractivity contribution in [2.24, 2.45) is 5.92 Å². The first-order valence-corrected chi connectivity index (χ1v) is 12.2. The van der Waals surface area contributed by atoms with Crippen molar-refractivity contribution in [3.63, 3.8) is 0 Å². The van der Waals surface area contributed by atoms with Crippen LogP contribution in [0, 0.1) is 5.92 Å². The zero-order valence-electron chi connectivity index (χ0n) is 18.9. The van der Waals surface area contributed by atoms with Gasteiger partial charge in [-0.05, 0) is 45.6 Å². The summed E-state index contributed by atoms with van der Waals surface area (Å²) in [5.41, 5.74) is 0.811. The number of likely N-dealkylation sites (tertiary alicyclic amines) is 1. The van der Waals surface area contributed by atoms with Crippen LogP contribution in [0.2, 0.25) is 10.0 Å². The third-order valence-corrected chi connectivity index (χ3v) is 7.50. The molecule has 1 heterocycles. The molecule has 1 aliphatic heterocycles. The van der Waals surface area contributed by atoms with Crippen LogP contribution in [0.5, 0.6) is 5.75 Å². The Balaban J connectivity index is 2.38. The lowest BCUT2D eigenvalue weighted by Crippen LogP contribution is -2.46. The van der Waals surface area contributed by atoms with Crippen molar-refractivity contribution < 1.29 is 13.7 Å². The van der Waals surface area contributed by atoms with Crippen molar-refractivity contribution in [1.82, 2.24) is 14.5 Å². The first kappa shape index (κ1) is 26.0. The zero-order valence-corrected chi connectivity index (χ0v) is 21.2. The van der Waals surface area contributed by atoms with Crippen LogP contribution < -0.4 is 9.46 Å². The lowest BCUT2D eigenvalue weighted by atomic mass is 9.85. The number of halogens is 2. The van der Waals surface area contributed by atoms with Gasteiger partial charge in [0.1, 0.15) is 12.4 Å². The smallest absolute Gasteiger partial charge is 0.319 e. The van der Waals surface area contributed by atoms with Gasteiger partial charge in [0.25, 0.3) is 0 Å². The lowest BCUT2D eigenvalue weighted by molar-refractivity contribution is 0.139. The Morgan fingerprint density at radius 3 is 2.42 bits per heavy atom. The summed E-state index contributed by atoms with van der Waals surface area (Å²) in [6.07, 6.45) is 3.19. The first-order chi connectivity index (χ1) is 14.5. The monoisotopic (exact) mass is 489 g/mol. The fraction of sp³-hybridized carbons (Fsp3) is 0.591. The molecule has 174 valence electrons. The first-order valence-electron chi connectivity index (χ1n) is 10.3. The van der Waals surface area contributed by atoms with Crippen LogP contribution in [-0.2, 0) is 11.0 Å². The van der Waals surface area contributed by atoms with E-state index in [2.05, 4.69) is 11.3 Å². The van der Waals surface area contributed by atoms with E-state index in [-0.39, 0.29) is 18.0 Å². The highest BCUT2D eigenvalue weighted by Gasteiger charge is 2.34. The van der Waals surface area contributed by atoms with Crippen molar-refractivity contribution in [2.45, 2.75) is 44.4 Å². The maximum absolute atomic E-state index is 13.0. The van der Waals surface area contributed by atoms with Gasteiger partial charge in [0.05, 0.1) is 31.8 Å². The maximum Gasteiger partial charge on any atom is 0.319 e. The van der Waals surface area contributed by atoms with E-state index in [0.717, 1.165) is 18.4 Å². The van der Waals surface area contributed by atoms with Gasteiger partial charge in [-0.25, -0.2) is 13.7 Å². The molecular weight excluding hydrogens is 457 g/mol. The number of urea groups is 1. The third-order valence-electron chi connectivity index (χ3n) is 5.20. The molecule has 1 aliphatic rings. The predicted octanol–water partition coefficient (Wildman–Crippen LogP) is 5.04. The largest absolute Gasteiger partial charge is 0.489 e. The number of rotatable bonds is 7. The number of hydrogen-bond donors (Lipinski definition) is 1. The van der Waals surface area contributed by atoms with E-state index in [9.17, 15) is 9.00 Å². The van der Waals surface area contributed by atoms with E-state index >= 15 is 0 Å². The molecule has 1 aromatic rings. The zero-order chi connectivity index (χ0) is 23.3. The maximum atomic E-state index is 13.0. The Bertz CT molecular complexity index is 819. The van der Waals surface area contributed by atoms with Gasteiger partial charge in [0.2, 0.25) is 0 Å². The molecule has 6 nitrogen and oxygen atoms in total. The van der Waals surface area contributed by atoms with E-state index in [1.54, 1.807) is 37.2 Å². The minimum atomic E-state index is -1.31. The Kier molecular flexibility index (Phi) is 9.25. The second-order valence-electron chi connectivity index (χ2n) is 8.88. The van der Waals surface area contributed by atoms with E-state index in [1.807, 2.05) is 25.7 Å². The van der Waals surface area contributed by atoms with Gasteiger partial charge in [-0.15, -0.1) is 0 Å². The van der Waals surface area contributed by atoms with Gasteiger partial charge in [-0.1, -0.05) is 35.9 Å². The van der Waals surface area contributed by atoms with E-state index in [0.29, 0.717) is 35.5 Å². The fourth-order valence-electron chi connectivity index (χ4n) is 3.47. The Labute approximate surface area is 198 Å². The normalized spacial score (nSPS) is 17.2. The summed E-state index contributed by atoms with van der Waals surface area (Å²) in [7, 11) is 2.20. The van der Waals surface area contributed by atoms with Crippen molar-refractivity contribution >= 4 is 40.2 Å². The van der Waals surface area contributed by atoms with Crippen molar-refractivity contribution in [3.8, 4) is 5.75 Å². The van der Waals surface area contributed by atoms with Crippen LogP contribution >= 0.6 is 23.2 Å². The molecule has 9 heteroatoms. The molecule has 0 aliphatic carbocycles. The number of benzene rings is 1. The van der Waals surface area contributed by atoms with Crippen molar-refractivity contribution in [2.75, 3.05) is 33.8 Å². The summed E-state index contributed by atoms with van der Waals surface area (Å²) < 4.78 is 21.8. The molecule has 2 amide bonds. The molecule has 2 atom stereocenters. The highest BCUT2D eigenvalue weighted by atomic mass is 35.5. The van der Waals surface area contributed by atoms with E-state index < -0.39 is 15.7 Å². The molecule has 0 saturated carbocycles. The molecule has 0 radical (unpaired) electrons. The van der Waals surface area contributed by atoms with Gasteiger partial charge >= 0.3 is 6.03 Å². The topological polar surface area (TPSA) is 61.9 Å². The molecule has 1 aromatic carbocycles. The summed E-state index contributed by atoms with van der Waals surface area (Å²) >= 11 is 12.6. The SMILES string of the molecule is C=CCOc1cc(Cl)c(Cl)cc1C(NS(=O)C(C)(C)C)C1CCN(C(=O)N(C)C)CC1. The third kappa shape index (κ3) is 6.85. The molecule has 1 N–H and O–H groups in total. The molecule has 0 spiro atoms. The number of hydrogen-bond acceptors (Lipinski definition) is 3. The summed E-state index contributed by atoms with van der Waals surface area (Å²) in [6.45, 7) is 11.1. The van der Waals surface area contributed by atoms with Crippen LogP contribution in [0.25, 0.3) is 0 Å². The Hall–Kier alpha value is -1.28. The lowest BCUT2D eigenvalue weighted by Gasteiger charge is -2.38. The van der Waals surface area contributed by atoms with Crippen LogP contribution in [0.4, 0.5) is 4.79 Å². The minimum Gasteiger partial charge on any atom is -0.489 e. The summed E-state index contributed by atoms with van der Waals surface area (Å²) in [5, 5.41) is 0.808. The standard InChI is InChI=1S/C22H33Cl2N3O3S/c1-7-12-30-19-14-18(24)17(23)13-16(19)20(25-31(29)22(2,3)4)15-8-10-27(11-9-15)21(28)26(5)6/h7,13-15,20,25H,1,8-12H2,2-6H3. The van der Waals surface area contributed by atoms with Crippen LogP contribution in [-0.4, -0.2) is 58.6 Å². The predicted molar refractivity (Wildman–Crippen MR) is 129 cm³/mol. The highest BCUT2D eigenvalue weighted by Crippen LogP contribution is 2.40. The summed E-state index contributed by atoms with van der Waals surface area (Å²) in [5.74, 6) is 0.727. The van der Waals surface area contributed by atoms with Gasteiger partial charge in [0, 0.05) is 38.8 Å². The van der Waals surface area contributed by atoms with Gasteiger partial charge < -0.3 is 14.5 Å². The number of nitrogens with one attached hydrogen (secondary N) is 1. The quantitative estimate of drug-likeness (QED) is 0.545.